The van der Waals surface area contributed by atoms with Gasteiger partial charge < -0.3 is 14.6 Å². The van der Waals surface area contributed by atoms with E-state index in [0.29, 0.717) is 12.6 Å². The summed E-state index contributed by atoms with van der Waals surface area (Å²) < 4.78 is 8.07. The van der Waals surface area contributed by atoms with Crippen LogP contribution < -0.4 is 10.1 Å². The minimum absolute atomic E-state index is 0. The van der Waals surface area contributed by atoms with Crippen LogP contribution in [0.25, 0.3) is 0 Å². The lowest BCUT2D eigenvalue weighted by Crippen LogP contribution is -2.48. The van der Waals surface area contributed by atoms with E-state index in [1.807, 2.05) is 18.5 Å². The summed E-state index contributed by atoms with van der Waals surface area (Å²) in [5.41, 5.74) is 1.32. The molecule has 0 bridgehead atoms. The number of imidazole rings is 1. The Morgan fingerprint density at radius 2 is 2.25 bits per heavy atom. The Hall–Kier alpha value is -1.56. The summed E-state index contributed by atoms with van der Waals surface area (Å²) >= 11 is 0. The number of aromatic nitrogens is 2. The van der Waals surface area contributed by atoms with Crippen LogP contribution in [0.1, 0.15) is 24.4 Å². The second-order valence-electron chi connectivity index (χ2n) is 6.00. The number of piperazine rings is 1. The molecule has 132 valence electrons. The van der Waals surface area contributed by atoms with Gasteiger partial charge in [-0.05, 0) is 24.1 Å². The fourth-order valence-electron chi connectivity index (χ4n) is 3.10. The van der Waals surface area contributed by atoms with Crippen molar-refractivity contribution in [3.05, 3.63) is 48.0 Å². The molecule has 2 aromatic rings. The maximum Gasteiger partial charge on any atom is 0.127 e. The van der Waals surface area contributed by atoms with Gasteiger partial charge >= 0.3 is 0 Å². The van der Waals surface area contributed by atoms with Crippen LogP contribution in [0.5, 0.6) is 5.75 Å². The number of ether oxygens (including phenoxy) is 1. The van der Waals surface area contributed by atoms with Gasteiger partial charge in [0.1, 0.15) is 18.2 Å². The highest BCUT2D eigenvalue weighted by molar-refractivity contribution is 5.85. The summed E-state index contributed by atoms with van der Waals surface area (Å²) in [6.45, 7) is 6.76. The van der Waals surface area contributed by atoms with Crippen LogP contribution in [0.3, 0.4) is 0 Å². The molecule has 24 heavy (non-hydrogen) atoms. The summed E-state index contributed by atoms with van der Waals surface area (Å²) in [6.07, 6.45) is 4.92. The first-order chi connectivity index (χ1) is 11.3. The molecule has 0 saturated carbocycles. The zero-order valence-corrected chi connectivity index (χ0v) is 15.3. The van der Waals surface area contributed by atoms with E-state index in [-0.39, 0.29) is 12.4 Å². The van der Waals surface area contributed by atoms with Gasteiger partial charge in [0.25, 0.3) is 0 Å². The number of nitrogens with one attached hydrogen (secondary N) is 1. The van der Waals surface area contributed by atoms with Crippen molar-refractivity contribution >= 4 is 12.4 Å². The molecule has 3 rings (SSSR count). The first kappa shape index (κ1) is 18.8. The van der Waals surface area contributed by atoms with Crippen LogP contribution in [0, 0.1) is 0 Å². The number of hydrogen-bond acceptors (Lipinski definition) is 4. The second-order valence-corrected chi connectivity index (χ2v) is 6.00. The van der Waals surface area contributed by atoms with Crippen molar-refractivity contribution in [1.82, 2.24) is 19.8 Å². The quantitative estimate of drug-likeness (QED) is 0.869. The fraction of sp³-hybridized carbons (Fsp3) is 0.500. The molecule has 1 N–H and O–H groups in total. The molecule has 1 aromatic heterocycles. The molecule has 0 spiro atoms. The number of hydrogen-bond donors (Lipinski definition) is 1. The van der Waals surface area contributed by atoms with E-state index >= 15 is 0 Å². The summed E-state index contributed by atoms with van der Waals surface area (Å²) in [4.78, 5) is 6.98. The molecule has 1 aliphatic heterocycles. The van der Waals surface area contributed by atoms with E-state index < -0.39 is 0 Å². The SMILES string of the molecule is CCc1cccc(OCCN2CCNCC2c2nccn2C)c1.Cl. The summed E-state index contributed by atoms with van der Waals surface area (Å²) in [7, 11) is 2.06. The monoisotopic (exact) mass is 350 g/mol. The molecule has 1 aromatic carbocycles. The standard InChI is InChI=1S/C18H26N4O.ClH/c1-3-15-5-4-6-16(13-15)23-12-11-22-10-7-19-14-17(22)18-20-8-9-21(18)2;/h4-6,8-9,13,17,19H,3,7,10-12,14H2,1-2H3;1H. The van der Waals surface area contributed by atoms with Crippen LogP contribution in [0.15, 0.2) is 36.7 Å². The Bertz CT molecular complexity index is 631. The highest BCUT2D eigenvalue weighted by atomic mass is 35.5. The molecule has 1 aliphatic rings. The average Bonchev–Trinajstić information content (AvgIpc) is 3.01. The topological polar surface area (TPSA) is 42.3 Å². The minimum Gasteiger partial charge on any atom is -0.492 e. The first-order valence-electron chi connectivity index (χ1n) is 8.41. The van der Waals surface area contributed by atoms with E-state index in [4.69, 9.17) is 4.74 Å². The van der Waals surface area contributed by atoms with Gasteiger partial charge in [0.05, 0.1) is 6.04 Å². The highest BCUT2D eigenvalue weighted by Crippen LogP contribution is 2.20. The Labute approximate surface area is 150 Å². The minimum atomic E-state index is 0. The Morgan fingerprint density at radius 1 is 1.38 bits per heavy atom. The lowest BCUT2D eigenvalue weighted by atomic mass is 10.1. The third-order valence-electron chi connectivity index (χ3n) is 4.46. The summed E-state index contributed by atoms with van der Waals surface area (Å²) in [6, 6.07) is 8.69. The third kappa shape index (κ3) is 4.50. The molecule has 1 atom stereocenters. The van der Waals surface area contributed by atoms with Crippen molar-refractivity contribution in [1.29, 1.82) is 0 Å². The number of benzene rings is 1. The molecule has 1 saturated heterocycles. The number of halogens is 1. The van der Waals surface area contributed by atoms with Crippen molar-refractivity contribution in [3.63, 3.8) is 0 Å². The summed E-state index contributed by atoms with van der Waals surface area (Å²) in [5.74, 6) is 2.08. The molecule has 0 aliphatic carbocycles. The van der Waals surface area contributed by atoms with Gasteiger partial charge in [-0.15, -0.1) is 12.4 Å². The van der Waals surface area contributed by atoms with Gasteiger partial charge in [-0.25, -0.2) is 4.98 Å². The zero-order valence-electron chi connectivity index (χ0n) is 14.4. The van der Waals surface area contributed by atoms with Gasteiger partial charge in [-0.2, -0.15) is 0 Å². The Kier molecular flexibility index (Phi) is 7.09. The van der Waals surface area contributed by atoms with E-state index in [9.17, 15) is 0 Å². The van der Waals surface area contributed by atoms with Gasteiger partial charge in [-0.3, -0.25) is 4.90 Å². The van der Waals surface area contributed by atoms with E-state index in [1.54, 1.807) is 0 Å². The Balaban J connectivity index is 0.00000208. The van der Waals surface area contributed by atoms with Crippen LogP contribution in [0.2, 0.25) is 0 Å². The number of nitrogens with zero attached hydrogens (tertiary/aromatic N) is 3. The maximum atomic E-state index is 5.96. The smallest absolute Gasteiger partial charge is 0.127 e. The van der Waals surface area contributed by atoms with Gasteiger partial charge in [0.15, 0.2) is 0 Å². The largest absolute Gasteiger partial charge is 0.492 e. The molecular formula is C18H27ClN4O. The van der Waals surface area contributed by atoms with Gasteiger partial charge in [-0.1, -0.05) is 19.1 Å². The molecule has 6 heteroatoms. The molecule has 5 nitrogen and oxygen atoms in total. The normalized spacial score (nSPS) is 18.2. The van der Waals surface area contributed by atoms with Crippen LogP contribution in [0.4, 0.5) is 0 Å². The van der Waals surface area contributed by atoms with Crippen LogP contribution in [-0.2, 0) is 13.5 Å². The number of rotatable bonds is 6. The van der Waals surface area contributed by atoms with Crippen molar-refractivity contribution in [3.8, 4) is 5.75 Å². The second kappa shape index (κ2) is 9.06. The van der Waals surface area contributed by atoms with Gasteiger partial charge in [0.2, 0.25) is 0 Å². The lowest BCUT2D eigenvalue weighted by molar-refractivity contribution is 0.127. The zero-order chi connectivity index (χ0) is 16.1. The van der Waals surface area contributed by atoms with Gasteiger partial charge in [0, 0.05) is 45.6 Å². The van der Waals surface area contributed by atoms with Crippen molar-refractivity contribution in [2.75, 3.05) is 32.8 Å². The lowest BCUT2D eigenvalue weighted by Gasteiger charge is -2.35. The van der Waals surface area contributed by atoms with Crippen molar-refractivity contribution in [2.45, 2.75) is 19.4 Å². The molecule has 0 amide bonds. The number of aryl methyl sites for hydroxylation is 2. The molecule has 2 heterocycles. The van der Waals surface area contributed by atoms with E-state index in [1.165, 1.54) is 5.56 Å². The van der Waals surface area contributed by atoms with Crippen molar-refractivity contribution in [2.24, 2.45) is 7.05 Å². The Morgan fingerprint density at radius 3 is 3.00 bits per heavy atom. The predicted octanol–water partition coefficient (Wildman–Crippen LogP) is 2.43. The predicted molar refractivity (Wildman–Crippen MR) is 99.0 cm³/mol. The van der Waals surface area contributed by atoms with Crippen molar-refractivity contribution < 1.29 is 4.74 Å². The molecule has 1 fully saturated rings. The summed E-state index contributed by atoms with van der Waals surface area (Å²) in [5, 5.41) is 3.47. The fourth-order valence-corrected chi connectivity index (χ4v) is 3.10. The van der Waals surface area contributed by atoms with E-state index in [0.717, 1.165) is 44.2 Å². The molecule has 1 unspecified atom stereocenters. The maximum absolute atomic E-state index is 5.96. The first-order valence-corrected chi connectivity index (χ1v) is 8.41. The van der Waals surface area contributed by atoms with Crippen LogP contribution >= 0.6 is 12.4 Å². The average molecular weight is 351 g/mol. The highest BCUT2D eigenvalue weighted by Gasteiger charge is 2.26. The molecule has 0 radical (unpaired) electrons. The van der Waals surface area contributed by atoms with E-state index in [2.05, 4.69) is 51.9 Å². The third-order valence-corrected chi connectivity index (χ3v) is 4.46. The molecular weight excluding hydrogens is 324 g/mol. The van der Waals surface area contributed by atoms with Crippen LogP contribution in [-0.4, -0.2) is 47.2 Å².